The van der Waals surface area contributed by atoms with Crippen molar-refractivity contribution in [3.63, 3.8) is 0 Å². The van der Waals surface area contributed by atoms with Crippen LogP contribution in [0.3, 0.4) is 0 Å². The summed E-state index contributed by atoms with van der Waals surface area (Å²) in [5.41, 5.74) is 0.284. The second-order valence-electron chi connectivity index (χ2n) is 12.9. The van der Waals surface area contributed by atoms with E-state index < -0.39 is 39.1 Å². The maximum absolute atomic E-state index is 15.5. The molecule has 0 bridgehead atoms. The largest absolute Gasteiger partial charge is 0.443 e. The van der Waals surface area contributed by atoms with Crippen LogP contribution in [0.1, 0.15) is 54.0 Å². The Morgan fingerprint density at radius 2 is 1.52 bits per heavy atom. The van der Waals surface area contributed by atoms with Gasteiger partial charge in [0.1, 0.15) is 10.4 Å². The van der Waals surface area contributed by atoms with E-state index in [1.807, 2.05) is 99.8 Å². The van der Waals surface area contributed by atoms with Crippen molar-refractivity contribution in [3.8, 4) is 0 Å². The zero-order chi connectivity index (χ0) is 30.8. The summed E-state index contributed by atoms with van der Waals surface area (Å²) in [6.45, 7) is 12.4. The van der Waals surface area contributed by atoms with Gasteiger partial charge in [-0.25, -0.2) is 18.1 Å². The van der Waals surface area contributed by atoms with Crippen LogP contribution in [0.2, 0.25) is 5.04 Å². The monoisotopic (exact) mass is 612 g/mol. The fourth-order valence-electron chi connectivity index (χ4n) is 5.38. The molecule has 4 aromatic rings. The van der Waals surface area contributed by atoms with Gasteiger partial charge in [-0.2, -0.15) is 0 Å². The van der Waals surface area contributed by atoms with Gasteiger partial charge in [0.25, 0.3) is 14.2 Å². The second kappa shape index (κ2) is 12.4. The van der Waals surface area contributed by atoms with E-state index in [4.69, 9.17) is 9.16 Å². The van der Waals surface area contributed by atoms with Gasteiger partial charge in [0.15, 0.2) is 0 Å². The van der Waals surface area contributed by atoms with E-state index in [1.165, 1.54) is 15.9 Å². The highest BCUT2D eigenvalue weighted by atomic mass is 32.1. The van der Waals surface area contributed by atoms with E-state index in [9.17, 15) is 4.79 Å². The van der Waals surface area contributed by atoms with Crippen LogP contribution < -0.4 is 15.7 Å². The van der Waals surface area contributed by atoms with Crippen LogP contribution in [0.25, 0.3) is 10.2 Å². The molecule has 226 valence electrons. The topological polar surface area (TPSA) is 52.5 Å². The van der Waals surface area contributed by atoms with Crippen molar-refractivity contribution in [2.75, 3.05) is 13.2 Å². The molecule has 0 spiro atoms. The number of halogens is 2. The summed E-state index contributed by atoms with van der Waals surface area (Å²) >= 11 is 1.45. The zero-order valence-corrected chi connectivity index (χ0v) is 27.4. The van der Waals surface area contributed by atoms with Crippen molar-refractivity contribution in [1.29, 1.82) is 0 Å². The van der Waals surface area contributed by atoms with E-state index in [0.717, 1.165) is 26.2 Å². The lowest BCUT2D eigenvalue weighted by Crippen LogP contribution is -2.67. The minimum atomic E-state index is -3.10. The molecular weight excluding hydrogens is 571 g/mol. The molecule has 2 aromatic heterocycles. The van der Waals surface area contributed by atoms with E-state index >= 15 is 8.78 Å². The summed E-state index contributed by atoms with van der Waals surface area (Å²) in [6.07, 6.45) is 1.79. The third kappa shape index (κ3) is 7.19. The molecule has 9 heteroatoms. The summed E-state index contributed by atoms with van der Waals surface area (Å²) in [4.78, 5) is 13.6. The molecule has 2 aromatic carbocycles. The first-order valence-corrected chi connectivity index (χ1v) is 17.1. The molecule has 2 heterocycles. The minimum Gasteiger partial charge on any atom is -0.443 e. The Bertz CT molecular complexity index is 1430. The van der Waals surface area contributed by atoms with Crippen LogP contribution in [0.15, 0.2) is 78.3 Å². The van der Waals surface area contributed by atoms with E-state index in [-0.39, 0.29) is 11.1 Å². The average molecular weight is 613 g/mol. The fourth-order valence-corrected chi connectivity index (χ4v) is 10.9. The lowest BCUT2D eigenvalue weighted by atomic mass is 10.1. The Balaban J connectivity index is 1.48. The Kier molecular flexibility index (Phi) is 9.47. The van der Waals surface area contributed by atoms with Crippen LogP contribution in [0, 0.1) is 0 Å². The number of thiophene rings is 1. The summed E-state index contributed by atoms with van der Waals surface area (Å²) in [5, 5.41) is 7.42. The highest BCUT2D eigenvalue weighted by Crippen LogP contribution is 2.37. The smallest absolute Gasteiger partial charge is 0.419 e. The fraction of sp³-hybridized carbons (Fsp3) is 0.424. The number of fused-ring (bicyclic) bond motifs is 1. The number of ether oxygens (including phenoxy) is 1. The van der Waals surface area contributed by atoms with Crippen molar-refractivity contribution in [3.05, 3.63) is 83.9 Å². The van der Waals surface area contributed by atoms with Crippen LogP contribution >= 0.6 is 11.3 Å². The number of nitrogens with zero attached hydrogens (tertiary/aromatic N) is 1. The van der Waals surface area contributed by atoms with Gasteiger partial charge < -0.3 is 14.5 Å². The van der Waals surface area contributed by atoms with Crippen molar-refractivity contribution in [1.82, 2.24) is 9.88 Å². The number of hydrogen-bond donors (Lipinski definition) is 1. The molecule has 0 amide bonds. The van der Waals surface area contributed by atoms with E-state index in [0.29, 0.717) is 6.42 Å². The SMILES string of the molecule is CC(Cc1cn(C(=O)OC(C)(C)C)c2sccc12)NCC(F)(F)CO[Si](c1ccccc1)(c1ccccc1)C(C)(C)C. The first-order chi connectivity index (χ1) is 19.6. The van der Waals surface area contributed by atoms with Gasteiger partial charge in [-0.3, -0.25) is 0 Å². The van der Waals surface area contributed by atoms with Gasteiger partial charge in [0.05, 0.1) is 13.2 Å². The highest BCUT2D eigenvalue weighted by molar-refractivity contribution is 7.17. The number of benzene rings is 2. The van der Waals surface area contributed by atoms with Gasteiger partial charge in [0, 0.05) is 17.6 Å². The van der Waals surface area contributed by atoms with Gasteiger partial charge in [-0.05, 0) is 66.5 Å². The number of nitrogens with one attached hydrogen (secondary N) is 1. The summed E-state index contributed by atoms with van der Waals surface area (Å²) in [6, 6.07) is 21.3. The molecule has 1 atom stereocenters. The van der Waals surface area contributed by atoms with Crippen LogP contribution in [-0.2, 0) is 15.6 Å². The van der Waals surface area contributed by atoms with Crippen LogP contribution in [0.5, 0.6) is 0 Å². The molecular formula is C33H42F2N2O3SSi. The molecule has 0 saturated carbocycles. The van der Waals surface area contributed by atoms with Crippen molar-refractivity contribution in [2.24, 2.45) is 0 Å². The zero-order valence-electron chi connectivity index (χ0n) is 25.5. The first-order valence-electron chi connectivity index (χ1n) is 14.3. The highest BCUT2D eigenvalue weighted by Gasteiger charge is 2.51. The summed E-state index contributed by atoms with van der Waals surface area (Å²) < 4.78 is 44.6. The molecule has 42 heavy (non-hydrogen) atoms. The van der Waals surface area contributed by atoms with Gasteiger partial charge in [-0.15, -0.1) is 11.3 Å². The molecule has 1 N–H and O–H groups in total. The molecule has 0 radical (unpaired) electrons. The lowest BCUT2D eigenvalue weighted by Gasteiger charge is -2.43. The maximum atomic E-state index is 15.5. The molecule has 0 saturated heterocycles. The number of alkyl halides is 2. The van der Waals surface area contributed by atoms with Crippen LogP contribution in [-0.4, -0.2) is 49.7 Å². The molecule has 5 nitrogen and oxygen atoms in total. The second-order valence-corrected chi connectivity index (χ2v) is 18.1. The van der Waals surface area contributed by atoms with Gasteiger partial charge >= 0.3 is 6.09 Å². The first kappa shape index (κ1) is 32.1. The van der Waals surface area contributed by atoms with Crippen LogP contribution in [0.4, 0.5) is 13.6 Å². The lowest BCUT2D eigenvalue weighted by molar-refractivity contribution is -0.0433. The average Bonchev–Trinajstić information content (AvgIpc) is 3.51. The third-order valence-corrected chi connectivity index (χ3v) is 13.1. The number of aromatic nitrogens is 1. The number of carbonyl (C=O) groups is 1. The standard InChI is InChI=1S/C33H42F2N2O3SSi/c1-24(20-25-21-37(29-28(25)18-19-41-29)30(38)40-31(2,3)4)36-22-33(34,35)23-39-42(32(5,6)7,26-14-10-8-11-15-26)27-16-12-9-13-17-27/h8-19,21,24,36H,20,22-23H2,1-7H3. The Hall–Kier alpha value is -2.85. The molecule has 1 unspecified atom stereocenters. The Labute approximate surface area is 253 Å². The van der Waals surface area contributed by atoms with Gasteiger partial charge in [-0.1, -0.05) is 81.4 Å². The molecule has 4 rings (SSSR count). The molecule has 0 aliphatic heterocycles. The van der Waals surface area contributed by atoms with Gasteiger partial charge in [0.2, 0.25) is 0 Å². The quantitative estimate of drug-likeness (QED) is 0.192. The predicted octanol–water partition coefficient (Wildman–Crippen LogP) is 7.22. The summed E-state index contributed by atoms with van der Waals surface area (Å²) in [5.74, 6) is -3.10. The number of hydrogen-bond acceptors (Lipinski definition) is 5. The molecule has 0 fully saturated rings. The predicted molar refractivity (Wildman–Crippen MR) is 171 cm³/mol. The number of rotatable bonds is 10. The van der Waals surface area contributed by atoms with Crippen molar-refractivity contribution >= 4 is 46.3 Å². The molecule has 0 aliphatic rings. The Morgan fingerprint density at radius 3 is 2.05 bits per heavy atom. The Morgan fingerprint density at radius 1 is 0.952 bits per heavy atom. The van der Waals surface area contributed by atoms with Crippen molar-refractivity contribution in [2.45, 2.75) is 77.5 Å². The third-order valence-electron chi connectivity index (χ3n) is 7.24. The van der Waals surface area contributed by atoms with E-state index in [2.05, 4.69) is 26.1 Å². The van der Waals surface area contributed by atoms with Crippen molar-refractivity contribution < 1.29 is 22.7 Å². The van der Waals surface area contributed by atoms with E-state index in [1.54, 1.807) is 6.20 Å². The summed E-state index contributed by atoms with van der Waals surface area (Å²) in [7, 11) is -3.08. The number of carbonyl (C=O) groups excluding carboxylic acids is 1. The normalized spacial score (nSPS) is 13.8. The molecule has 0 aliphatic carbocycles. The maximum Gasteiger partial charge on any atom is 0.419 e. The minimum absolute atomic E-state index is 0.263.